The van der Waals surface area contributed by atoms with Gasteiger partial charge in [0, 0.05) is 12.7 Å². The minimum atomic E-state index is -0.844. The molecule has 0 saturated carbocycles. The number of methoxy groups -OCH3 is 1. The minimum absolute atomic E-state index is 0.0272. The lowest BCUT2D eigenvalue weighted by Crippen LogP contribution is -2.33. The fourth-order valence-corrected chi connectivity index (χ4v) is 1.97. The first-order valence-electron chi connectivity index (χ1n) is 6.29. The van der Waals surface area contributed by atoms with Crippen molar-refractivity contribution in [2.24, 2.45) is 0 Å². The smallest absolute Gasteiger partial charge is 0.331 e. The molecule has 0 aliphatic heterocycles. The molecule has 1 heterocycles. The Hall–Kier alpha value is -2.41. The summed E-state index contributed by atoms with van der Waals surface area (Å²) in [5.74, 6) is -1.25. The van der Waals surface area contributed by atoms with Gasteiger partial charge in [0.1, 0.15) is 11.4 Å². The van der Waals surface area contributed by atoms with Gasteiger partial charge in [-0.1, -0.05) is 18.2 Å². The molecular weight excluding hydrogens is 279 g/mol. The molecule has 0 bridgehead atoms. The number of nitrogens with one attached hydrogen (secondary N) is 1. The summed E-state index contributed by atoms with van der Waals surface area (Å²) in [6.07, 6.45) is -0.368. The van der Waals surface area contributed by atoms with E-state index in [0.29, 0.717) is 0 Å². The van der Waals surface area contributed by atoms with Crippen LogP contribution in [-0.2, 0) is 11.3 Å². The number of hydrogen-bond donors (Lipinski definition) is 2. The number of ether oxygens (including phenoxy) is 1. The van der Waals surface area contributed by atoms with Crippen molar-refractivity contribution < 1.29 is 14.2 Å². The van der Waals surface area contributed by atoms with E-state index in [1.54, 1.807) is 6.92 Å². The van der Waals surface area contributed by atoms with Gasteiger partial charge in [0.05, 0.1) is 12.6 Å². The van der Waals surface area contributed by atoms with E-state index in [-0.39, 0.29) is 23.8 Å². The van der Waals surface area contributed by atoms with E-state index in [2.05, 4.69) is 4.98 Å². The van der Waals surface area contributed by atoms with Gasteiger partial charge in [0.25, 0.3) is 5.56 Å². The van der Waals surface area contributed by atoms with Crippen LogP contribution in [0.4, 0.5) is 4.39 Å². The average molecular weight is 294 g/mol. The van der Waals surface area contributed by atoms with Crippen LogP contribution in [0.25, 0.3) is 11.1 Å². The Kier molecular flexibility index (Phi) is 4.23. The van der Waals surface area contributed by atoms with Crippen LogP contribution in [0.5, 0.6) is 5.88 Å². The van der Waals surface area contributed by atoms with Crippen LogP contribution < -0.4 is 11.2 Å². The Morgan fingerprint density at radius 3 is 2.67 bits per heavy atom. The van der Waals surface area contributed by atoms with E-state index < -0.39 is 22.9 Å². The Morgan fingerprint density at radius 2 is 2.05 bits per heavy atom. The minimum Gasteiger partial charge on any atom is -0.494 e. The first kappa shape index (κ1) is 15.0. The van der Waals surface area contributed by atoms with Crippen LogP contribution >= 0.6 is 0 Å². The number of halogens is 1. The molecule has 0 aliphatic rings. The number of aromatic hydroxyl groups is 1. The summed E-state index contributed by atoms with van der Waals surface area (Å²) >= 11 is 0. The second kappa shape index (κ2) is 5.92. The molecule has 1 atom stereocenters. The third-order valence-corrected chi connectivity index (χ3v) is 3.16. The lowest BCUT2D eigenvalue weighted by molar-refractivity contribution is 0.0992. The van der Waals surface area contributed by atoms with Crippen LogP contribution in [0.1, 0.15) is 6.92 Å². The fraction of sp³-hybridized carbons (Fsp3) is 0.286. The number of hydrogen-bond acceptors (Lipinski definition) is 4. The lowest BCUT2D eigenvalue weighted by Gasteiger charge is -2.15. The van der Waals surface area contributed by atoms with Crippen molar-refractivity contribution in [2.45, 2.75) is 19.6 Å². The standard InChI is InChI=1S/C14H15FN2O4/c1-8(21-2)7-17-13(19)11(12(18)16-14(17)20)9-5-3-4-6-10(9)15/h3-6,8,19H,7H2,1-2H3,(H,16,18,20). The molecular formula is C14H15FN2O4. The summed E-state index contributed by atoms with van der Waals surface area (Å²) in [5, 5.41) is 10.2. The van der Waals surface area contributed by atoms with Crippen LogP contribution in [0.3, 0.4) is 0 Å². The maximum absolute atomic E-state index is 13.8. The van der Waals surface area contributed by atoms with Gasteiger partial charge in [-0.15, -0.1) is 0 Å². The molecule has 2 N–H and O–H groups in total. The summed E-state index contributed by atoms with van der Waals surface area (Å²) in [4.78, 5) is 25.7. The molecule has 0 radical (unpaired) electrons. The lowest BCUT2D eigenvalue weighted by atomic mass is 10.1. The summed E-state index contributed by atoms with van der Waals surface area (Å²) in [6, 6.07) is 5.52. The number of aromatic amines is 1. The number of nitrogens with zero attached hydrogens (tertiary/aromatic N) is 1. The Labute approximate surface area is 119 Å². The van der Waals surface area contributed by atoms with Crippen molar-refractivity contribution in [3.63, 3.8) is 0 Å². The van der Waals surface area contributed by atoms with Crippen LogP contribution in [0.15, 0.2) is 33.9 Å². The summed E-state index contributed by atoms with van der Waals surface area (Å²) in [5.41, 5.74) is -1.98. The molecule has 0 spiro atoms. The average Bonchev–Trinajstić information content (AvgIpc) is 2.45. The number of benzene rings is 1. The highest BCUT2D eigenvalue weighted by Gasteiger charge is 2.19. The Balaban J connectivity index is 2.68. The molecule has 1 unspecified atom stereocenters. The number of aromatic nitrogens is 2. The molecule has 1 aromatic carbocycles. The van der Waals surface area contributed by atoms with Gasteiger partial charge < -0.3 is 9.84 Å². The first-order valence-corrected chi connectivity index (χ1v) is 6.29. The van der Waals surface area contributed by atoms with Crippen molar-refractivity contribution >= 4 is 0 Å². The SMILES string of the molecule is COC(C)Cn1c(O)c(-c2ccccc2F)c(=O)[nH]c1=O. The van der Waals surface area contributed by atoms with Gasteiger partial charge in [-0.3, -0.25) is 14.3 Å². The molecule has 21 heavy (non-hydrogen) atoms. The number of rotatable bonds is 4. The highest BCUT2D eigenvalue weighted by molar-refractivity contribution is 5.67. The van der Waals surface area contributed by atoms with E-state index in [4.69, 9.17) is 4.74 Å². The zero-order valence-corrected chi connectivity index (χ0v) is 11.6. The van der Waals surface area contributed by atoms with Gasteiger partial charge in [-0.25, -0.2) is 9.18 Å². The van der Waals surface area contributed by atoms with E-state index in [1.807, 2.05) is 0 Å². The second-order valence-electron chi connectivity index (χ2n) is 4.59. The normalized spacial score (nSPS) is 12.3. The Morgan fingerprint density at radius 1 is 1.38 bits per heavy atom. The molecule has 0 aliphatic carbocycles. The van der Waals surface area contributed by atoms with Gasteiger partial charge in [-0.2, -0.15) is 0 Å². The first-order chi connectivity index (χ1) is 9.95. The molecule has 2 rings (SSSR count). The molecule has 112 valence electrons. The van der Waals surface area contributed by atoms with E-state index in [9.17, 15) is 19.1 Å². The maximum atomic E-state index is 13.8. The van der Waals surface area contributed by atoms with Crippen molar-refractivity contribution in [3.8, 4) is 17.0 Å². The number of H-pyrrole nitrogens is 1. The maximum Gasteiger partial charge on any atom is 0.331 e. The zero-order chi connectivity index (χ0) is 15.6. The monoisotopic (exact) mass is 294 g/mol. The van der Waals surface area contributed by atoms with Crippen molar-refractivity contribution in [1.82, 2.24) is 9.55 Å². The van der Waals surface area contributed by atoms with E-state index >= 15 is 0 Å². The molecule has 6 nitrogen and oxygen atoms in total. The fourth-order valence-electron chi connectivity index (χ4n) is 1.97. The van der Waals surface area contributed by atoms with Crippen molar-refractivity contribution in [1.29, 1.82) is 0 Å². The van der Waals surface area contributed by atoms with Crippen LogP contribution in [-0.4, -0.2) is 27.9 Å². The van der Waals surface area contributed by atoms with E-state index in [1.165, 1.54) is 31.4 Å². The second-order valence-corrected chi connectivity index (χ2v) is 4.59. The predicted octanol–water partition coefficient (Wildman–Crippen LogP) is 1.08. The topological polar surface area (TPSA) is 84.3 Å². The molecule has 7 heteroatoms. The van der Waals surface area contributed by atoms with Crippen molar-refractivity contribution in [3.05, 3.63) is 50.9 Å². The molecule has 1 aromatic heterocycles. The van der Waals surface area contributed by atoms with Gasteiger partial charge >= 0.3 is 5.69 Å². The molecule has 0 saturated heterocycles. The quantitative estimate of drug-likeness (QED) is 0.884. The van der Waals surface area contributed by atoms with Gasteiger partial charge in [0.15, 0.2) is 0 Å². The zero-order valence-electron chi connectivity index (χ0n) is 11.6. The Bertz CT molecular complexity index is 766. The largest absolute Gasteiger partial charge is 0.494 e. The summed E-state index contributed by atoms with van der Waals surface area (Å²) < 4.78 is 19.8. The summed E-state index contributed by atoms with van der Waals surface area (Å²) in [6.45, 7) is 1.72. The molecule has 2 aromatic rings. The third kappa shape index (κ3) is 2.87. The van der Waals surface area contributed by atoms with Crippen molar-refractivity contribution in [2.75, 3.05) is 7.11 Å². The third-order valence-electron chi connectivity index (χ3n) is 3.16. The summed E-state index contributed by atoms with van der Waals surface area (Å²) in [7, 11) is 1.45. The highest BCUT2D eigenvalue weighted by Crippen LogP contribution is 2.26. The molecule has 0 amide bonds. The highest BCUT2D eigenvalue weighted by atomic mass is 19.1. The van der Waals surface area contributed by atoms with E-state index in [0.717, 1.165) is 4.57 Å². The van der Waals surface area contributed by atoms with Gasteiger partial charge in [0.2, 0.25) is 5.88 Å². The van der Waals surface area contributed by atoms with Crippen LogP contribution in [0, 0.1) is 5.82 Å². The van der Waals surface area contributed by atoms with Crippen LogP contribution in [0.2, 0.25) is 0 Å². The van der Waals surface area contributed by atoms with Gasteiger partial charge in [-0.05, 0) is 13.0 Å². The predicted molar refractivity (Wildman–Crippen MR) is 74.9 cm³/mol. The molecule has 0 fully saturated rings.